The number of benzene rings is 3. The van der Waals surface area contributed by atoms with Crippen LogP contribution in [-0.2, 0) is 4.79 Å². The van der Waals surface area contributed by atoms with Gasteiger partial charge in [-0.2, -0.15) is 0 Å². The molecule has 1 aliphatic rings. The lowest BCUT2D eigenvalue weighted by Crippen LogP contribution is -2.42. The van der Waals surface area contributed by atoms with E-state index in [1.807, 2.05) is 24.3 Å². The van der Waals surface area contributed by atoms with Crippen LogP contribution in [0.3, 0.4) is 0 Å². The zero-order chi connectivity index (χ0) is 22.7. The van der Waals surface area contributed by atoms with Gasteiger partial charge in [-0.05, 0) is 60.7 Å². The molecule has 1 heterocycles. The first-order valence-corrected chi connectivity index (χ1v) is 10.2. The molecule has 162 valence electrons. The van der Waals surface area contributed by atoms with Crippen LogP contribution in [0.15, 0.2) is 72.8 Å². The van der Waals surface area contributed by atoms with Gasteiger partial charge in [0.2, 0.25) is 12.3 Å². The molecule has 1 saturated heterocycles. The normalized spacial score (nSPS) is 19.0. The summed E-state index contributed by atoms with van der Waals surface area (Å²) in [4.78, 5) is 25.6. The third-order valence-corrected chi connectivity index (χ3v) is 5.40. The van der Waals surface area contributed by atoms with Crippen LogP contribution < -0.4 is 15.5 Å². The lowest BCUT2D eigenvalue weighted by Gasteiger charge is -2.15. The number of hydrogen-bond acceptors (Lipinski definition) is 3. The van der Waals surface area contributed by atoms with E-state index in [-0.39, 0.29) is 11.5 Å². The molecule has 0 bridgehead atoms. The number of nitrogens with zero attached hydrogens (tertiary/aromatic N) is 1. The third kappa shape index (κ3) is 4.63. The van der Waals surface area contributed by atoms with E-state index in [1.54, 1.807) is 42.3 Å². The monoisotopic (exact) mass is 452 g/mol. The van der Waals surface area contributed by atoms with E-state index in [2.05, 4.69) is 10.7 Å². The van der Waals surface area contributed by atoms with Crippen LogP contribution in [0.4, 0.5) is 4.39 Å². The molecule has 3 aromatic rings. The van der Waals surface area contributed by atoms with Gasteiger partial charge in [0.05, 0.1) is 7.11 Å². The SMILES string of the molecule is COc1ccc(/C=[N+]2\NC(=O)[C@@H](NC(=O)c3ccc(F)cc3)[C@H]2c2ccc(Cl)cc2)cc1. The standard InChI is InChI=1S/C24H19ClFN3O3/c1-32-20-12-2-15(3-13-20)14-29-22(16-4-8-18(25)9-5-16)21(24(31)28-29)27-23(30)17-6-10-19(26)11-7-17/h2-14,21-22H,1H3,(H-,27,28,30,31)/p+1/b29-14-/t21-,22+/m0/s1. The van der Waals surface area contributed by atoms with Crippen LogP contribution in [0.25, 0.3) is 0 Å². The second-order valence-corrected chi connectivity index (χ2v) is 7.68. The molecule has 4 rings (SSSR count). The van der Waals surface area contributed by atoms with Gasteiger partial charge in [0, 0.05) is 21.7 Å². The molecule has 2 N–H and O–H groups in total. The predicted molar refractivity (Wildman–Crippen MR) is 118 cm³/mol. The number of hydrazine groups is 1. The summed E-state index contributed by atoms with van der Waals surface area (Å²) < 4.78 is 20.1. The minimum Gasteiger partial charge on any atom is -0.497 e. The average molecular weight is 453 g/mol. The van der Waals surface area contributed by atoms with Crippen molar-refractivity contribution in [2.45, 2.75) is 12.1 Å². The topological polar surface area (TPSA) is 70.4 Å². The Morgan fingerprint density at radius 2 is 1.72 bits per heavy atom. The maximum absolute atomic E-state index is 13.2. The predicted octanol–water partition coefficient (Wildman–Crippen LogP) is 3.50. The van der Waals surface area contributed by atoms with Crippen LogP contribution in [0.2, 0.25) is 5.02 Å². The van der Waals surface area contributed by atoms with E-state index in [0.717, 1.165) is 11.1 Å². The molecule has 0 aromatic heterocycles. The summed E-state index contributed by atoms with van der Waals surface area (Å²) in [7, 11) is 1.59. The van der Waals surface area contributed by atoms with Gasteiger partial charge < -0.3 is 10.1 Å². The molecule has 2 amide bonds. The molecule has 2 atom stereocenters. The quantitative estimate of drug-likeness (QED) is 0.582. The lowest BCUT2D eigenvalue weighted by molar-refractivity contribution is -0.596. The fourth-order valence-corrected chi connectivity index (χ4v) is 3.64. The molecular formula is C24H20ClFN3O3+. The van der Waals surface area contributed by atoms with Gasteiger partial charge in [0.25, 0.3) is 5.91 Å². The lowest BCUT2D eigenvalue weighted by atomic mass is 9.99. The van der Waals surface area contributed by atoms with Gasteiger partial charge >= 0.3 is 5.91 Å². The number of halogens is 2. The summed E-state index contributed by atoms with van der Waals surface area (Å²) in [6, 6.07) is 18.1. The molecule has 0 aliphatic carbocycles. The van der Waals surface area contributed by atoms with E-state index in [4.69, 9.17) is 16.3 Å². The van der Waals surface area contributed by atoms with Crippen molar-refractivity contribution in [2.24, 2.45) is 0 Å². The van der Waals surface area contributed by atoms with Gasteiger partial charge in [-0.1, -0.05) is 23.7 Å². The molecule has 3 aromatic carbocycles. The maximum atomic E-state index is 13.2. The van der Waals surface area contributed by atoms with E-state index in [9.17, 15) is 14.0 Å². The Morgan fingerprint density at radius 1 is 1.06 bits per heavy atom. The minimum absolute atomic E-state index is 0.256. The van der Waals surface area contributed by atoms with Crippen LogP contribution >= 0.6 is 11.6 Å². The maximum Gasteiger partial charge on any atom is 0.304 e. The first-order valence-electron chi connectivity index (χ1n) is 9.84. The van der Waals surface area contributed by atoms with Gasteiger partial charge in [0.15, 0.2) is 6.04 Å². The van der Waals surface area contributed by atoms with E-state index >= 15 is 0 Å². The third-order valence-electron chi connectivity index (χ3n) is 5.15. The molecule has 0 spiro atoms. The Balaban J connectivity index is 1.68. The Bertz CT molecular complexity index is 1160. The fourth-order valence-electron chi connectivity index (χ4n) is 3.52. The molecule has 1 fully saturated rings. The highest BCUT2D eigenvalue weighted by molar-refractivity contribution is 6.30. The molecule has 0 saturated carbocycles. The number of nitrogens with one attached hydrogen (secondary N) is 2. The average Bonchev–Trinajstić information content (AvgIpc) is 3.09. The van der Waals surface area contributed by atoms with Crippen molar-refractivity contribution in [1.82, 2.24) is 10.7 Å². The number of carbonyl (C=O) groups is 2. The summed E-state index contributed by atoms with van der Waals surface area (Å²) in [5.74, 6) is -0.577. The number of hydrazone groups is 1. The molecule has 8 heteroatoms. The summed E-state index contributed by atoms with van der Waals surface area (Å²) in [6.07, 6.45) is 1.78. The van der Waals surface area contributed by atoms with Crippen LogP contribution in [0, 0.1) is 5.82 Å². The van der Waals surface area contributed by atoms with Crippen molar-refractivity contribution in [1.29, 1.82) is 0 Å². The van der Waals surface area contributed by atoms with Crippen molar-refractivity contribution >= 4 is 29.6 Å². The van der Waals surface area contributed by atoms with Gasteiger partial charge in [-0.15, -0.1) is 10.1 Å². The molecule has 32 heavy (non-hydrogen) atoms. The Kier molecular flexibility index (Phi) is 6.18. The second-order valence-electron chi connectivity index (χ2n) is 7.24. The Hall–Kier alpha value is -3.71. The number of ether oxygens (including phenoxy) is 1. The van der Waals surface area contributed by atoms with Crippen molar-refractivity contribution in [3.8, 4) is 5.75 Å². The smallest absolute Gasteiger partial charge is 0.304 e. The second kappa shape index (κ2) is 9.20. The van der Waals surface area contributed by atoms with Crippen LogP contribution in [0.1, 0.15) is 27.5 Å². The molecular weight excluding hydrogens is 433 g/mol. The summed E-state index contributed by atoms with van der Waals surface area (Å²) in [5.41, 5.74) is 4.67. The number of amides is 2. The van der Waals surface area contributed by atoms with Crippen molar-refractivity contribution in [3.63, 3.8) is 0 Å². The number of methoxy groups -OCH3 is 1. The Labute approximate surface area is 189 Å². The van der Waals surface area contributed by atoms with Crippen molar-refractivity contribution in [2.75, 3.05) is 7.11 Å². The fraction of sp³-hybridized carbons (Fsp3) is 0.125. The summed E-state index contributed by atoms with van der Waals surface area (Å²) >= 11 is 6.04. The Morgan fingerprint density at radius 3 is 2.34 bits per heavy atom. The van der Waals surface area contributed by atoms with E-state index in [0.29, 0.717) is 10.8 Å². The van der Waals surface area contributed by atoms with Crippen LogP contribution in [-0.4, -0.2) is 35.9 Å². The molecule has 0 radical (unpaired) electrons. The number of rotatable bonds is 5. The minimum atomic E-state index is -0.886. The van der Waals surface area contributed by atoms with Gasteiger partial charge in [-0.25, -0.2) is 4.39 Å². The highest BCUT2D eigenvalue weighted by Crippen LogP contribution is 2.27. The molecule has 6 nitrogen and oxygen atoms in total. The first-order chi connectivity index (χ1) is 15.4. The van der Waals surface area contributed by atoms with E-state index in [1.165, 1.54) is 24.3 Å². The largest absolute Gasteiger partial charge is 0.497 e. The first kappa shape index (κ1) is 21.5. The zero-order valence-electron chi connectivity index (χ0n) is 17.1. The highest BCUT2D eigenvalue weighted by Gasteiger charge is 2.47. The van der Waals surface area contributed by atoms with Crippen molar-refractivity contribution < 1.29 is 23.4 Å². The highest BCUT2D eigenvalue weighted by atomic mass is 35.5. The number of hydrogen-bond donors (Lipinski definition) is 2. The van der Waals surface area contributed by atoms with Crippen molar-refractivity contribution in [3.05, 3.63) is 100 Å². The summed E-state index contributed by atoms with van der Waals surface area (Å²) in [5, 5.41) is 3.33. The molecule has 0 unspecified atom stereocenters. The zero-order valence-corrected chi connectivity index (χ0v) is 17.8. The van der Waals surface area contributed by atoms with Gasteiger partial charge in [0.1, 0.15) is 11.6 Å². The van der Waals surface area contributed by atoms with Gasteiger partial charge in [-0.3, -0.25) is 9.59 Å². The van der Waals surface area contributed by atoms with Crippen LogP contribution in [0.5, 0.6) is 5.75 Å². The van der Waals surface area contributed by atoms with E-state index < -0.39 is 23.8 Å². The molecule has 1 aliphatic heterocycles. The number of carbonyl (C=O) groups excluding carboxylic acids is 2. The summed E-state index contributed by atoms with van der Waals surface area (Å²) in [6.45, 7) is 0.